The summed E-state index contributed by atoms with van der Waals surface area (Å²) in [6.45, 7) is 8.85. The first-order valence-corrected chi connectivity index (χ1v) is 6.86. The molecule has 2 rings (SSSR count). The Balaban J connectivity index is 2.30. The predicted octanol–water partition coefficient (Wildman–Crippen LogP) is 3.85. The van der Waals surface area contributed by atoms with Crippen LogP contribution >= 0.6 is 0 Å². The van der Waals surface area contributed by atoms with Crippen molar-refractivity contribution in [3.05, 3.63) is 11.3 Å². The van der Waals surface area contributed by atoms with E-state index in [-0.39, 0.29) is 11.5 Å². The molecule has 0 radical (unpaired) electrons. The summed E-state index contributed by atoms with van der Waals surface area (Å²) in [5.41, 5.74) is 1.19. The third kappa shape index (κ3) is 2.41. The van der Waals surface area contributed by atoms with E-state index in [1.54, 1.807) is 0 Å². The molecule has 0 aromatic heterocycles. The first-order chi connectivity index (χ1) is 7.93. The van der Waals surface area contributed by atoms with Crippen LogP contribution in [0.5, 0.6) is 0 Å². The molecule has 2 unspecified atom stereocenters. The molecular weight excluding hydrogens is 212 g/mol. The van der Waals surface area contributed by atoms with E-state index in [2.05, 4.69) is 27.7 Å². The van der Waals surface area contributed by atoms with Crippen molar-refractivity contribution in [2.75, 3.05) is 0 Å². The highest BCUT2D eigenvalue weighted by Crippen LogP contribution is 2.42. The Morgan fingerprint density at radius 2 is 2.00 bits per heavy atom. The number of ether oxygens (including phenoxy) is 1. The van der Waals surface area contributed by atoms with Gasteiger partial charge in [-0.2, -0.15) is 0 Å². The smallest absolute Gasteiger partial charge is 0.162 e. The van der Waals surface area contributed by atoms with Gasteiger partial charge in [-0.05, 0) is 30.6 Å². The molecular formula is C15H24O2. The number of rotatable bonds is 1. The largest absolute Gasteiger partial charge is 0.494 e. The first kappa shape index (κ1) is 12.7. The van der Waals surface area contributed by atoms with Crippen LogP contribution in [0.2, 0.25) is 0 Å². The standard InChI is InChI=1S/C15H24O2/c1-5-10-9-13(15(2,3)4)17-12-8-6-7-11(16)14(10)12/h10,13H,5-9H2,1-4H3. The van der Waals surface area contributed by atoms with Crippen LogP contribution in [0.3, 0.4) is 0 Å². The molecule has 2 aliphatic rings. The lowest BCUT2D eigenvalue weighted by atomic mass is 9.75. The maximum absolute atomic E-state index is 12.0. The average molecular weight is 236 g/mol. The molecule has 2 atom stereocenters. The lowest BCUT2D eigenvalue weighted by molar-refractivity contribution is -0.118. The minimum atomic E-state index is 0.159. The second kappa shape index (κ2) is 4.47. The molecule has 0 saturated carbocycles. The molecule has 0 aromatic rings. The maximum Gasteiger partial charge on any atom is 0.162 e. The molecule has 0 bridgehead atoms. The third-order valence-electron chi connectivity index (χ3n) is 4.06. The minimum absolute atomic E-state index is 0.159. The van der Waals surface area contributed by atoms with Crippen LogP contribution in [0.1, 0.15) is 59.8 Å². The van der Waals surface area contributed by atoms with E-state index in [9.17, 15) is 4.79 Å². The van der Waals surface area contributed by atoms with Gasteiger partial charge in [0.2, 0.25) is 0 Å². The SMILES string of the molecule is CCC1CC(C(C)(C)C)OC2=C1C(=O)CCC2. The summed E-state index contributed by atoms with van der Waals surface area (Å²) in [4.78, 5) is 12.0. The van der Waals surface area contributed by atoms with Crippen molar-refractivity contribution in [3.8, 4) is 0 Å². The molecule has 17 heavy (non-hydrogen) atoms. The summed E-state index contributed by atoms with van der Waals surface area (Å²) in [6, 6.07) is 0. The zero-order valence-electron chi connectivity index (χ0n) is 11.5. The molecule has 2 heteroatoms. The fourth-order valence-corrected chi connectivity index (χ4v) is 2.91. The molecule has 96 valence electrons. The molecule has 0 saturated heterocycles. The van der Waals surface area contributed by atoms with Gasteiger partial charge in [0.15, 0.2) is 5.78 Å². The lowest BCUT2D eigenvalue weighted by Gasteiger charge is -2.41. The fraction of sp³-hybridized carbons (Fsp3) is 0.800. The highest BCUT2D eigenvalue weighted by molar-refractivity contribution is 5.97. The Kier molecular flexibility index (Phi) is 3.33. The second-order valence-electron chi connectivity index (χ2n) is 6.43. The van der Waals surface area contributed by atoms with Crippen LogP contribution in [-0.2, 0) is 9.53 Å². The average Bonchev–Trinajstić information content (AvgIpc) is 2.26. The number of carbonyl (C=O) groups excluding carboxylic acids is 1. The van der Waals surface area contributed by atoms with Gasteiger partial charge in [0.25, 0.3) is 0 Å². The molecule has 0 aromatic carbocycles. The van der Waals surface area contributed by atoms with Crippen molar-refractivity contribution in [1.29, 1.82) is 0 Å². The molecule has 2 nitrogen and oxygen atoms in total. The molecule has 0 spiro atoms. The van der Waals surface area contributed by atoms with Crippen LogP contribution in [0.4, 0.5) is 0 Å². The number of ketones is 1. The molecule has 0 fully saturated rings. The third-order valence-corrected chi connectivity index (χ3v) is 4.06. The van der Waals surface area contributed by atoms with Gasteiger partial charge in [-0.15, -0.1) is 0 Å². The summed E-state index contributed by atoms with van der Waals surface area (Å²) < 4.78 is 6.12. The molecule has 0 amide bonds. The number of hydrogen-bond donors (Lipinski definition) is 0. The van der Waals surface area contributed by atoms with Crippen LogP contribution in [0.15, 0.2) is 11.3 Å². The summed E-state index contributed by atoms with van der Waals surface area (Å²) in [5, 5.41) is 0. The Bertz CT molecular complexity index is 346. The maximum atomic E-state index is 12.0. The van der Waals surface area contributed by atoms with E-state index in [4.69, 9.17) is 4.74 Å². The predicted molar refractivity (Wildman–Crippen MR) is 68.6 cm³/mol. The van der Waals surface area contributed by atoms with Gasteiger partial charge in [-0.25, -0.2) is 0 Å². The number of carbonyl (C=O) groups is 1. The van der Waals surface area contributed by atoms with Gasteiger partial charge in [-0.1, -0.05) is 27.7 Å². The van der Waals surface area contributed by atoms with E-state index >= 15 is 0 Å². The van der Waals surface area contributed by atoms with E-state index in [0.717, 1.165) is 43.4 Å². The Morgan fingerprint density at radius 1 is 1.29 bits per heavy atom. The van der Waals surface area contributed by atoms with Crippen molar-refractivity contribution < 1.29 is 9.53 Å². The number of hydrogen-bond acceptors (Lipinski definition) is 2. The van der Waals surface area contributed by atoms with Gasteiger partial charge >= 0.3 is 0 Å². The minimum Gasteiger partial charge on any atom is -0.494 e. The van der Waals surface area contributed by atoms with Crippen LogP contribution in [-0.4, -0.2) is 11.9 Å². The molecule has 1 aliphatic carbocycles. The highest BCUT2D eigenvalue weighted by Gasteiger charge is 2.39. The summed E-state index contributed by atoms with van der Waals surface area (Å²) in [6.07, 6.45) is 4.97. The number of allylic oxidation sites excluding steroid dienone is 2. The first-order valence-electron chi connectivity index (χ1n) is 6.86. The van der Waals surface area contributed by atoms with E-state index < -0.39 is 0 Å². The zero-order valence-corrected chi connectivity index (χ0v) is 11.5. The van der Waals surface area contributed by atoms with Gasteiger partial charge < -0.3 is 4.74 Å². The molecule has 1 aliphatic heterocycles. The topological polar surface area (TPSA) is 26.3 Å². The van der Waals surface area contributed by atoms with Gasteiger partial charge in [0.05, 0.1) is 0 Å². The van der Waals surface area contributed by atoms with Crippen LogP contribution in [0.25, 0.3) is 0 Å². The highest BCUT2D eigenvalue weighted by atomic mass is 16.5. The second-order valence-corrected chi connectivity index (χ2v) is 6.43. The van der Waals surface area contributed by atoms with Crippen molar-refractivity contribution in [1.82, 2.24) is 0 Å². The van der Waals surface area contributed by atoms with Crippen LogP contribution < -0.4 is 0 Å². The number of Topliss-reactive ketones (excluding diaryl/α,β-unsaturated/α-hetero) is 1. The van der Waals surface area contributed by atoms with Gasteiger partial charge in [0.1, 0.15) is 11.9 Å². The quantitative estimate of drug-likeness (QED) is 0.691. The van der Waals surface area contributed by atoms with Crippen LogP contribution in [0, 0.1) is 11.3 Å². The molecule has 1 heterocycles. The van der Waals surface area contributed by atoms with E-state index in [0.29, 0.717) is 11.7 Å². The summed E-state index contributed by atoms with van der Waals surface area (Å²) in [5.74, 6) is 1.78. The fourth-order valence-electron chi connectivity index (χ4n) is 2.91. The Hall–Kier alpha value is -0.790. The van der Waals surface area contributed by atoms with E-state index in [1.165, 1.54) is 0 Å². The normalized spacial score (nSPS) is 30.0. The van der Waals surface area contributed by atoms with Crippen molar-refractivity contribution in [2.45, 2.75) is 65.9 Å². The van der Waals surface area contributed by atoms with Crippen molar-refractivity contribution in [2.24, 2.45) is 11.3 Å². The molecule has 0 N–H and O–H groups in total. The lowest BCUT2D eigenvalue weighted by Crippen LogP contribution is -2.38. The zero-order chi connectivity index (χ0) is 12.6. The Morgan fingerprint density at radius 3 is 2.59 bits per heavy atom. The van der Waals surface area contributed by atoms with Gasteiger partial charge in [0, 0.05) is 18.4 Å². The summed E-state index contributed by atoms with van der Waals surface area (Å²) in [7, 11) is 0. The summed E-state index contributed by atoms with van der Waals surface area (Å²) >= 11 is 0. The monoisotopic (exact) mass is 236 g/mol. The van der Waals surface area contributed by atoms with Gasteiger partial charge in [-0.3, -0.25) is 4.79 Å². The Labute approximate surface area is 104 Å². The van der Waals surface area contributed by atoms with Crippen molar-refractivity contribution in [3.63, 3.8) is 0 Å². The van der Waals surface area contributed by atoms with Crippen molar-refractivity contribution >= 4 is 5.78 Å². The van der Waals surface area contributed by atoms with E-state index in [1.807, 2.05) is 0 Å².